The molecule has 0 unspecified atom stereocenters. The molecule has 1 aromatic carbocycles. The molecule has 1 aliphatic rings. The zero-order chi connectivity index (χ0) is 17.8. The summed E-state index contributed by atoms with van der Waals surface area (Å²) in [5.74, 6) is 0.789. The summed E-state index contributed by atoms with van der Waals surface area (Å²) in [4.78, 5) is 31.7. The van der Waals surface area contributed by atoms with Gasteiger partial charge in [0.1, 0.15) is 17.1 Å². The first kappa shape index (κ1) is 16.9. The average Bonchev–Trinajstić information content (AvgIpc) is 3.21. The third kappa shape index (κ3) is 3.31. The van der Waals surface area contributed by atoms with Crippen molar-refractivity contribution in [3.8, 4) is 11.5 Å². The van der Waals surface area contributed by atoms with Crippen LogP contribution in [-0.2, 0) is 0 Å². The Labute approximate surface area is 146 Å². The molecule has 132 valence electrons. The van der Waals surface area contributed by atoms with Gasteiger partial charge >= 0.3 is 0 Å². The molecule has 1 saturated heterocycles. The van der Waals surface area contributed by atoms with E-state index in [9.17, 15) is 9.59 Å². The van der Waals surface area contributed by atoms with Gasteiger partial charge in [0.15, 0.2) is 0 Å². The Balaban J connectivity index is 1.71. The van der Waals surface area contributed by atoms with Gasteiger partial charge in [0.05, 0.1) is 19.8 Å². The fourth-order valence-electron chi connectivity index (χ4n) is 2.97. The molecule has 0 radical (unpaired) electrons. The second kappa shape index (κ2) is 7.29. The largest absolute Gasteiger partial charge is 0.496 e. The Morgan fingerprint density at radius 2 is 1.48 bits per heavy atom. The van der Waals surface area contributed by atoms with E-state index < -0.39 is 0 Å². The van der Waals surface area contributed by atoms with Crippen LogP contribution in [0.5, 0.6) is 11.5 Å². The molecular formula is C18H21N3O4. The molecule has 2 heterocycles. The number of methoxy groups -OCH3 is 2. The van der Waals surface area contributed by atoms with Gasteiger partial charge in [0, 0.05) is 38.6 Å². The van der Waals surface area contributed by atoms with E-state index in [2.05, 4.69) is 4.98 Å². The minimum absolute atomic E-state index is 0.0248. The lowest BCUT2D eigenvalue weighted by molar-refractivity contribution is 0.0531. The van der Waals surface area contributed by atoms with Crippen LogP contribution in [0.3, 0.4) is 0 Å². The Bertz CT molecular complexity index is 727. The molecule has 2 amide bonds. The van der Waals surface area contributed by atoms with Crippen molar-refractivity contribution in [3.63, 3.8) is 0 Å². The quantitative estimate of drug-likeness (QED) is 0.916. The molecule has 7 nitrogen and oxygen atoms in total. The van der Waals surface area contributed by atoms with Crippen LogP contribution in [-0.4, -0.2) is 67.0 Å². The maximum atomic E-state index is 12.9. The highest BCUT2D eigenvalue weighted by molar-refractivity contribution is 6.00. The lowest BCUT2D eigenvalue weighted by atomic mass is 10.1. The number of H-pyrrole nitrogens is 1. The molecule has 3 rings (SSSR count). The summed E-state index contributed by atoms with van der Waals surface area (Å²) < 4.78 is 10.6. The Hall–Kier alpha value is -2.96. The minimum Gasteiger partial charge on any atom is -0.496 e. The van der Waals surface area contributed by atoms with Crippen molar-refractivity contribution in [3.05, 3.63) is 47.8 Å². The number of hydrogen-bond acceptors (Lipinski definition) is 4. The first-order chi connectivity index (χ1) is 12.2. The van der Waals surface area contributed by atoms with Crippen LogP contribution in [0.25, 0.3) is 0 Å². The normalized spacial score (nSPS) is 14.3. The predicted octanol–water partition coefficient (Wildman–Crippen LogP) is 1.63. The molecule has 7 heteroatoms. The number of benzene rings is 1. The SMILES string of the molecule is COc1cccc(OC)c1C(=O)N1CCN(C(=O)c2cc[nH]c2)CC1. The van der Waals surface area contributed by atoms with Crippen molar-refractivity contribution < 1.29 is 19.1 Å². The molecule has 0 atom stereocenters. The smallest absolute Gasteiger partial charge is 0.261 e. The van der Waals surface area contributed by atoms with Crippen molar-refractivity contribution >= 4 is 11.8 Å². The van der Waals surface area contributed by atoms with Crippen molar-refractivity contribution in [2.24, 2.45) is 0 Å². The van der Waals surface area contributed by atoms with Crippen LogP contribution in [0.15, 0.2) is 36.7 Å². The molecule has 1 aliphatic heterocycles. The second-order valence-electron chi connectivity index (χ2n) is 5.72. The molecular weight excluding hydrogens is 322 g/mol. The van der Waals surface area contributed by atoms with Gasteiger partial charge in [0.25, 0.3) is 11.8 Å². The predicted molar refractivity (Wildman–Crippen MR) is 92.1 cm³/mol. The average molecular weight is 343 g/mol. The highest BCUT2D eigenvalue weighted by Crippen LogP contribution is 2.29. The van der Waals surface area contributed by atoms with Gasteiger partial charge in [-0.05, 0) is 18.2 Å². The Morgan fingerprint density at radius 1 is 0.920 bits per heavy atom. The summed E-state index contributed by atoms with van der Waals surface area (Å²) in [6.07, 6.45) is 3.40. The highest BCUT2D eigenvalue weighted by Gasteiger charge is 2.28. The number of ether oxygens (including phenoxy) is 2. The van der Waals surface area contributed by atoms with E-state index in [1.54, 1.807) is 46.5 Å². The second-order valence-corrected chi connectivity index (χ2v) is 5.72. The summed E-state index contributed by atoms with van der Waals surface area (Å²) in [6, 6.07) is 7.00. The molecule has 1 N–H and O–H groups in total. The monoisotopic (exact) mass is 343 g/mol. The third-order valence-corrected chi connectivity index (χ3v) is 4.34. The third-order valence-electron chi connectivity index (χ3n) is 4.34. The first-order valence-corrected chi connectivity index (χ1v) is 8.08. The van der Waals surface area contributed by atoms with E-state index in [0.29, 0.717) is 48.8 Å². The fourth-order valence-corrected chi connectivity index (χ4v) is 2.97. The van der Waals surface area contributed by atoms with Crippen LogP contribution >= 0.6 is 0 Å². The Kier molecular flexibility index (Phi) is 4.92. The molecule has 0 aliphatic carbocycles. The van der Waals surface area contributed by atoms with Crippen LogP contribution in [0.2, 0.25) is 0 Å². The molecule has 25 heavy (non-hydrogen) atoms. The number of aromatic nitrogens is 1. The zero-order valence-electron chi connectivity index (χ0n) is 14.3. The van der Waals surface area contributed by atoms with E-state index in [4.69, 9.17) is 9.47 Å². The van der Waals surface area contributed by atoms with E-state index in [1.807, 2.05) is 0 Å². The topological polar surface area (TPSA) is 74.9 Å². The van der Waals surface area contributed by atoms with E-state index in [0.717, 1.165) is 0 Å². The minimum atomic E-state index is -0.150. The van der Waals surface area contributed by atoms with Gasteiger partial charge in [0.2, 0.25) is 0 Å². The lowest BCUT2D eigenvalue weighted by Gasteiger charge is -2.35. The van der Waals surface area contributed by atoms with Crippen LogP contribution in [0, 0.1) is 0 Å². The van der Waals surface area contributed by atoms with Gasteiger partial charge < -0.3 is 24.3 Å². The summed E-state index contributed by atoms with van der Waals surface area (Å²) in [7, 11) is 3.05. The number of piperazine rings is 1. The number of nitrogens with zero attached hydrogens (tertiary/aromatic N) is 2. The number of amides is 2. The molecule has 1 fully saturated rings. The maximum Gasteiger partial charge on any atom is 0.261 e. The number of hydrogen-bond donors (Lipinski definition) is 1. The summed E-state index contributed by atoms with van der Waals surface area (Å²) in [5, 5.41) is 0. The number of rotatable bonds is 4. The van der Waals surface area contributed by atoms with Crippen LogP contribution < -0.4 is 9.47 Å². The molecule has 0 bridgehead atoms. The van der Waals surface area contributed by atoms with Crippen LogP contribution in [0.4, 0.5) is 0 Å². The summed E-state index contributed by atoms with van der Waals surface area (Å²) >= 11 is 0. The van der Waals surface area contributed by atoms with Gasteiger partial charge in [-0.15, -0.1) is 0 Å². The van der Waals surface area contributed by atoms with E-state index >= 15 is 0 Å². The van der Waals surface area contributed by atoms with Crippen molar-refractivity contribution in [1.29, 1.82) is 0 Å². The van der Waals surface area contributed by atoms with Gasteiger partial charge in [-0.3, -0.25) is 9.59 Å². The molecule has 0 saturated carbocycles. The van der Waals surface area contributed by atoms with E-state index in [-0.39, 0.29) is 11.8 Å². The van der Waals surface area contributed by atoms with E-state index in [1.165, 1.54) is 14.2 Å². The fraction of sp³-hybridized carbons (Fsp3) is 0.333. The van der Waals surface area contributed by atoms with Gasteiger partial charge in [-0.25, -0.2) is 0 Å². The van der Waals surface area contributed by atoms with Crippen molar-refractivity contribution in [2.75, 3.05) is 40.4 Å². The number of aromatic amines is 1. The zero-order valence-corrected chi connectivity index (χ0v) is 14.3. The molecule has 0 spiro atoms. The van der Waals surface area contributed by atoms with Crippen molar-refractivity contribution in [1.82, 2.24) is 14.8 Å². The van der Waals surface area contributed by atoms with Gasteiger partial charge in [-0.2, -0.15) is 0 Å². The first-order valence-electron chi connectivity index (χ1n) is 8.08. The number of carbonyl (C=O) groups excluding carboxylic acids is 2. The lowest BCUT2D eigenvalue weighted by Crippen LogP contribution is -2.50. The standard InChI is InChI=1S/C18H21N3O4/c1-24-14-4-3-5-15(25-2)16(14)18(23)21-10-8-20(9-11-21)17(22)13-6-7-19-12-13/h3-7,12,19H,8-11H2,1-2H3. The summed E-state index contributed by atoms with van der Waals surface area (Å²) in [5.41, 5.74) is 1.05. The number of nitrogens with one attached hydrogen (secondary N) is 1. The molecule has 2 aromatic rings. The van der Waals surface area contributed by atoms with Gasteiger partial charge in [-0.1, -0.05) is 6.07 Å². The highest BCUT2D eigenvalue weighted by atomic mass is 16.5. The number of carbonyl (C=O) groups is 2. The maximum absolute atomic E-state index is 12.9. The summed E-state index contributed by atoms with van der Waals surface area (Å²) in [6.45, 7) is 1.92. The Morgan fingerprint density at radius 3 is 1.96 bits per heavy atom. The molecule has 1 aromatic heterocycles. The van der Waals surface area contributed by atoms with Crippen LogP contribution in [0.1, 0.15) is 20.7 Å². The van der Waals surface area contributed by atoms with Crippen molar-refractivity contribution in [2.45, 2.75) is 0 Å².